The van der Waals surface area contributed by atoms with Crippen LogP contribution in [-0.2, 0) is 21.3 Å². The van der Waals surface area contributed by atoms with Gasteiger partial charge in [0.1, 0.15) is 11.5 Å². The molecule has 0 amide bonds. The van der Waals surface area contributed by atoms with Gasteiger partial charge < -0.3 is 4.42 Å². The molecule has 2 aromatic heterocycles. The maximum Gasteiger partial charge on any atom is 0.209 e. The van der Waals surface area contributed by atoms with E-state index in [2.05, 4.69) is 10.1 Å². The van der Waals surface area contributed by atoms with Crippen molar-refractivity contribution in [1.29, 1.82) is 0 Å². The highest BCUT2D eigenvalue weighted by atomic mass is 32.2. The zero-order valence-electron chi connectivity index (χ0n) is 12.9. The topological polar surface area (TPSA) is 78.0 Å². The van der Waals surface area contributed by atoms with Gasteiger partial charge in [-0.1, -0.05) is 18.2 Å². The molecule has 3 aromatic rings. The monoisotopic (exact) mass is 331 g/mol. The van der Waals surface area contributed by atoms with Crippen molar-refractivity contribution in [3.63, 3.8) is 0 Å². The summed E-state index contributed by atoms with van der Waals surface area (Å²) in [6, 6.07) is 9.53. The van der Waals surface area contributed by atoms with E-state index in [0.29, 0.717) is 17.0 Å². The highest BCUT2D eigenvalue weighted by Crippen LogP contribution is 2.15. The van der Waals surface area contributed by atoms with Gasteiger partial charge in [-0.05, 0) is 26.0 Å². The number of para-hydroxylation sites is 1. The molecule has 0 saturated heterocycles. The fourth-order valence-electron chi connectivity index (χ4n) is 2.25. The molecule has 0 N–H and O–H groups in total. The maximum absolute atomic E-state index is 12.3. The number of aromatic nitrogens is 3. The molecule has 0 bridgehead atoms. The number of oxazole rings is 1. The van der Waals surface area contributed by atoms with Crippen molar-refractivity contribution in [1.82, 2.24) is 14.8 Å². The first-order valence-corrected chi connectivity index (χ1v) is 8.97. The average molecular weight is 331 g/mol. The molecule has 0 saturated carbocycles. The van der Waals surface area contributed by atoms with Crippen LogP contribution in [0, 0.1) is 13.8 Å². The van der Waals surface area contributed by atoms with Gasteiger partial charge in [-0.15, -0.1) is 0 Å². The fraction of sp³-hybridized carbons (Fsp3) is 0.250. The minimum atomic E-state index is -3.37. The van der Waals surface area contributed by atoms with Crippen molar-refractivity contribution in [2.24, 2.45) is 0 Å². The first kappa shape index (κ1) is 15.5. The smallest absolute Gasteiger partial charge is 0.209 e. The molecule has 0 aliphatic rings. The molecule has 0 spiro atoms. The Morgan fingerprint density at radius 3 is 2.52 bits per heavy atom. The van der Waals surface area contributed by atoms with Crippen molar-refractivity contribution < 1.29 is 12.8 Å². The second-order valence-electron chi connectivity index (χ2n) is 5.41. The summed E-state index contributed by atoms with van der Waals surface area (Å²) in [6.07, 6.45) is 3.29. The van der Waals surface area contributed by atoms with Crippen molar-refractivity contribution >= 4 is 9.84 Å². The molecule has 0 radical (unpaired) electrons. The van der Waals surface area contributed by atoms with Crippen molar-refractivity contribution in [2.75, 3.05) is 0 Å². The Morgan fingerprint density at radius 2 is 1.87 bits per heavy atom. The van der Waals surface area contributed by atoms with Gasteiger partial charge in [-0.2, -0.15) is 5.10 Å². The van der Waals surface area contributed by atoms with E-state index in [0.717, 1.165) is 5.69 Å². The third-order valence-electron chi connectivity index (χ3n) is 3.46. The van der Waals surface area contributed by atoms with Crippen LogP contribution in [-0.4, -0.2) is 23.2 Å². The first-order valence-electron chi connectivity index (χ1n) is 7.15. The van der Waals surface area contributed by atoms with E-state index in [1.54, 1.807) is 30.9 Å². The van der Waals surface area contributed by atoms with Gasteiger partial charge in [0, 0.05) is 11.8 Å². The molecule has 2 heterocycles. The van der Waals surface area contributed by atoms with Crippen LogP contribution in [0.2, 0.25) is 0 Å². The van der Waals surface area contributed by atoms with Crippen LogP contribution < -0.4 is 0 Å². The lowest BCUT2D eigenvalue weighted by atomic mass is 10.3. The number of hydrogen-bond acceptors (Lipinski definition) is 5. The summed E-state index contributed by atoms with van der Waals surface area (Å²) in [5, 5.41) is 4.21. The van der Waals surface area contributed by atoms with Gasteiger partial charge in [0.05, 0.1) is 23.3 Å². The van der Waals surface area contributed by atoms with Crippen LogP contribution >= 0.6 is 0 Å². The number of benzene rings is 1. The molecule has 3 rings (SSSR count). The third kappa shape index (κ3) is 3.68. The minimum Gasteiger partial charge on any atom is -0.445 e. The molecule has 0 aliphatic carbocycles. The molecular weight excluding hydrogens is 314 g/mol. The lowest BCUT2D eigenvalue weighted by Crippen LogP contribution is -2.07. The summed E-state index contributed by atoms with van der Waals surface area (Å²) < 4.78 is 31.6. The second-order valence-corrected chi connectivity index (χ2v) is 7.47. The fourth-order valence-corrected chi connectivity index (χ4v) is 3.51. The Kier molecular flexibility index (Phi) is 4.04. The quantitative estimate of drug-likeness (QED) is 0.718. The van der Waals surface area contributed by atoms with Gasteiger partial charge in [0.15, 0.2) is 9.84 Å². The number of aryl methyl sites for hydroxylation is 2. The average Bonchev–Trinajstić information content (AvgIpc) is 3.06. The predicted octanol–water partition coefficient (Wildman–Crippen LogP) is 2.59. The molecular formula is C16H17N3O3S. The Hall–Kier alpha value is -2.41. The number of hydrogen-bond donors (Lipinski definition) is 0. The predicted molar refractivity (Wildman–Crippen MR) is 85.9 cm³/mol. The molecule has 1 aromatic carbocycles. The summed E-state index contributed by atoms with van der Waals surface area (Å²) >= 11 is 0. The number of nitrogens with zero attached hydrogens (tertiary/aromatic N) is 3. The molecule has 23 heavy (non-hydrogen) atoms. The zero-order valence-corrected chi connectivity index (χ0v) is 13.7. The Labute approximate surface area is 134 Å². The van der Waals surface area contributed by atoms with E-state index < -0.39 is 9.84 Å². The van der Waals surface area contributed by atoms with Gasteiger partial charge in [-0.25, -0.2) is 18.1 Å². The summed E-state index contributed by atoms with van der Waals surface area (Å²) in [4.78, 5) is 4.12. The van der Waals surface area contributed by atoms with Crippen molar-refractivity contribution in [2.45, 2.75) is 25.4 Å². The Bertz CT molecular complexity index is 892. The van der Waals surface area contributed by atoms with Gasteiger partial charge in [0.25, 0.3) is 0 Å². The summed E-state index contributed by atoms with van der Waals surface area (Å²) in [6.45, 7) is 3.56. The largest absolute Gasteiger partial charge is 0.445 e. The lowest BCUT2D eigenvalue weighted by Gasteiger charge is -2.00. The van der Waals surface area contributed by atoms with E-state index in [1.807, 2.05) is 30.3 Å². The molecule has 120 valence electrons. The van der Waals surface area contributed by atoms with E-state index in [-0.39, 0.29) is 17.4 Å². The molecule has 0 unspecified atom stereocenters. The van der Waals surface area contributed by atoms with E-state index >= 15 is 0 Å². The van der Waals surface area contributed by atoms with Crippen LogP contribution in [0.5, 0.6) is 0 Å². The Morgan fingerprint density at radius 1 is 1.13 bits per heavy atom. The van der Waals surface area contributed by atoms with Crippen LogP contribution in [0.25, 0.3) is 5.69 Å². The third-order valence-corrected chi connectivity index (χ3v) is 4.92. The first-order chi connectivity index (χ1) is 10.9. The maximum atomic E-state index is 12.3. The zero-order chi connectivity index (χ0) is 16.4. The van der Waals surface area contributed by atoms with Gasteiger partial charge in [-0.3, -0.25) is 0 Å². The van der Waals surface area contributed by atoms with Gasteiger partial charge >= 0.3 is 0 Å². The van der Waals surface area contributed by atoms with Crippen molar-refractivity contribution in [3.8, 4) is 5.69 Å². The minimum absolute atomic E-state index is 0.0969. The summed E-state index contributed by atoms with van der Waals surface area (Å²) in [7, 11) is -3.37. The highest BCUT2D eigenvalue weighted by Gasteiger charge is 2.18. The van der Waals surface area contributed by atoms with Crippen LogP contribution in [0.4, 0.5) is 0 Å². The van der Waals surface area contributed by atoms with Gasteiger partial charge in [0.2, 0.25) is 5.89 Å². The molecule has 0 fully saturated rings. The molecule has 7 heteroatoms. The number of rotatable bonds is 5. The molecule has 0 atom stereocenters. The Balaban J connectivity index is 1.75. The van der Waals surface area contributed by atoms with E-state index in [4.69, 9.17) is 4.42 Å². The van der Waals surface area contributed by atoms with Crippen LogP contribution in [0.3, 0.4) is 0 Å². The lowest BCUT2D eigenvalue weighted by molar-refractivity contribution is 0.483. The molecule has 0 aliphatic heterocycles. The standard InChI is InChI=1S/C16H17N3O3S/c1-12-13(2)22-16(18-12)11-23(20,21)10-14-8-17-19(9-14)15-6-4-3-5-7-15/h3-9H,10-11H2,1-2H3. The second kappa shape index (κ2) is 6.00. The van der Waals surface area contributed by atoms with E-state index in [1.165, 1.54) is 0 Å². The van der Waals surface area contributed by atoms with Crippen LogP contribution in [0.15, 0.2) is 47.1 Å². The summed E-state index contributed by atoms with van der Waals surface area (Å²) in [5.41, 5.74) is 2.23. The van der Waals surface area contributed by atoms with E-state index in [9.17, 15) is 8.42 Å². The summed E-state index contributed by atoms with van der Waals surface area (Å²) in [5.74, 6) is 0.570. The van der Waals surface area contributed by atoms with Crippen LogP contribution in [0.1, 0.15) is 22.9 Å². The number of sulfone groups is 1. The highest BCUT2D eigenvalue weighted by molar-refractivity contribution is 7.89. The molecule has 6 nitrogen and oxygen atoms in total. The SMILES string of the molecule is Cc1nc(CS(=O)(=O)Cc2cnn(-c3ccccc3)c2)oc1C. The van der Waals surface area contributed by atoms with Crippen molar-refractivity contribution in [3.05, 3.63) is 65.6 Å². The normalized spacial score (nSPS) is 11.7.